The average Bonchev–Trinajstić information content (AvgIpc) is 3.45. The summed E-state index contributed by atoms with van der Waals surface area (Å²) in [6.45, 7) is 2.30. The van der Waals surface area contributed by atoms with E-state index in [-0.39, 0.29) is 0 Å². The van der Waals surface area contributed by atoms with Gasteiger partial charge in [0.05, 0.1) is 0 Å². The van der Waals surface area contributed by atoms with Gasteiger partial charge in [-0.2, -0.15) is 0 Å². The molecule has 0 saturated heterocycles. The third-order valence-corrected chi connectivity index (χ3v) is 9.16. The Morgan fingerprint density at radius 3 is 1.74 bits per heavy atom. The summed E-state index contributed by atoms with van der Waals surface area (Å²) in [5.41, 5.74) is 3.12. The molecule has 2 heterocycles. The Hall–Kier alpha value is -0.600. The molecule has 0 saturated carbocycles. The number of thiophene rings is 2. The molecule has 174 valence electrons. The first-order chi connectivity index (χ1) is 15.4. The van der Waals surface area contributed by atoms with E-state index in [0.29, 0.717) is 0 Å². The molecule has 0 atom stereocenters. The summed E-state index contributed by atoms with van der Waals surface area (Å²) in [7, 11) is 0. The highest BCUT2D eigenvalue weighted by atomic mass is 32.1. The topological polar surface area (TPSA) is 0 Å². The summed E-state index contributed by atoms with van der Waals surface area (Å²) in [6, 6.07) is 4.81. The van der Waals surface area contributed by atoms with Gasteiger partial charge in [0, 0.05) is 26.6 Å². The normalized spacial score (nSPS) is 12.4. The van der Waals surface area contributed by atoms with E-state index in [1.165, 1.54) is 128 Å². The molecule has 0 fully saturated rings. The molecular formula is C29H46S2. The van der Waals surface area contributed by atoms with Crippen molar-refractivity contribution in [2.24, 2.45) is 0 Å². The Balaban J connectivity index is 1.06. The summed E-state index contributed by atoms with van der Waals surface area (Å²) in [5, 5.41) is 2.25. The van der Waals surface area contributed by atoms with Gasteiger partial charge in [-0.25, -0.2) is 0 Å². The van der Waals surface area contributed by atoms with Gasteiger partial charge in [-0.15, -0.1) is 22.7 Å². The molecule has 2 heteroatoms. The number of rotatable bonds is 19. The Morgan fingerprint density at radius 1 is 0.677 bits per heavy atom. The molecule has 0 amide bonds. The summed E-state index contributed by atoms with van der Waals surface area (Å²) in [6.07, 6.45) is 28.7. The lowest BCUT2D eigenvalue weighted by molar-refractivity contribution is 0.525. The Kier molecular flexibility index (Phi) is 12.3. The van der Waals surface area contributed by atoms with Gasteiger partial charge in [0.2, 0.25) is 0 Å². The highest BCUT2D eigenvalue weighted by Gasteiger charge is 2.22. The molecule has 0 bridgehead atoms. The van der Waals surface area contributed by atoms with Crippen molar-refractivity contribution >= 4 is 22.7 Å². The number of hydrogen-bond donors (Lipinski definition) is 0. The van der Waals surface area contributed by atoms with E-state index in [2.05, 4.69) is 35.8 Å². The van der Waals surface area contributed by atoms with E-state index in [9.17, 15) is 0 Å². The summed E-state index contributed by atoms with van der Waals surface area (Å²) in [4.78, 5) is 4.80. The van der Waals surface area contributed by atoms with Crippen LogP contribution in [0.15, 0.2) is 17.5 Å². The second-order valence-corrected chi connectivity index (χ2v) is 11.9. The fourth-order valence-electron chi connectivity index (χ4n) is 5.02. The van der Waals surface area contributed by atoms with E-state index in [4.69, 9.17) is 0 Å². The van der Waals surface area contributed by atoms with Gasteiger partial charge < -0.3 is 0 Å². The first-order valence-electron chi connectivity index (χ1n) is 13.6. The van der Waals surface area contributed by atoms with Crippen molar-refractivity contribution in [1.82, 2.24) is 0 Å². The van der Waals surface area contributed by atoms with Crippen LogP contribution in [0.5, 0.6) is 0 Å². The average molecular weight is 459 g/mol. The third-order valence-electron chi connectivity index (χ3n) is 6.98. The quantitative estimate of drug-likeness (QED) is 0.157. The van der Waals surface area contributed by atoms with Crippen molar-refractivity contribution in [2.45, 2.75) is 135 Å². The molecule has 0 aromatic carbocycles. The summed E-state index contributed by atoms with van der Waals surface area (Å²) >= 11 is 4.00. The minimum Gasteiger partial charge on any atom is -0.144 e. The highest BCUT2D eigenvalue weighted by Crippen LogP contribution is 2.44. The van der Waals surface area contributed by atoms with Crippen molar-refractivity contribution in [3.63, 3.8) is 0 Å². The molecular weight excluding hydrogens is 412 g/mol. The van der Waals surface area contributed by atoms with Crippen molar-refractivity contribution < 1.29 is 0 Å². The van der Waals surface area contributed by atoms with Crippen LogP contribution in [-0.4, -0.2) is 0 Å². The van der Waals surface area contributed by atoms with Crippen LogP contribution in [0.2, 0.25) is 0 Å². The van der Waals surface area contributed by atoms with Crippen molar-refractivity contribution in [3.8, 4) is 10.4 Å². The van der Waals surface area contributed by atoms with Gasteiger partial charge in [-0.05, 0) is 35.9 Å². The predicted molar refractivity (Wildman–Crippen MR) is 143 cm³/mol. The molecule has 1 aliphatic carbocycles. The molecule has 0 nitrogen and oxygen atoms in total. The van der Waals surface area contributed by atoms with Crippen LogP contribution in [0, 0.1) is 0 Å². The van der Waals surface area contributed by atoms with Crippen LogP contribution in [0.4, 0.5) is 0 Å². The van der Waals surface area contributed by atoms with E-state index >= 15 is 0 Å². The first kappa shape index (κ1) is 25.0. The van der Waals surface area contributed by atoms with E-state index in [1.54, 1.807) is 25.8 Å². The molecule has 0 radical (unpaired) electrons. The van der Waals surface area contributed by atoms with Gasteiger partial charge >= 0.3 is 0 Å². The fraction of sp³-hybridized carbons (Fsp3) is 0.724. The van der Waals surface area contributed by atoms with Crippen LogP contribution in [0.3, 0.4) is 0 Å². The molecule has 1 aliphatic rings. The van der Waals surface area contributed by atoms with Crippen molar-refractivity contribution in [2.75, 3.05) is 0 Å². The first-order valence-corrected chi connectivity index (χ1v) is 15.3. The predicted octanol–water partition coefficient (Wildman–Crippen LogP) is 11.0. The third kappa shape index (κ3) is 9.04. The van der Waals surface area contributed by atoms with E-state index in [1.807, 2.05) is 11.3 Å². The van der Waals surface area contributed by atoms with E-state index < -0.39 is 0 Å². The van der Waals surface area contributed by atoms with Crippen LogP contribution in [-0.2, 0) is 12.8 Å². The molecule has 31 heavy (non-hydrogen) atoms. The maximum atomic E-state index is 2.50. The van der Waals surface area contributed by atoms with Gasteiger partial charge in [-0.3, -0.25) is 0 Å². The molecule has 0 aliphatic heterocycles. The van der Waals surface area contributed by atoms with Gasteiger partial charge in [0.1, 0.15) is 0 Å². The minimum atomic E-state index is 1.19. The number of fused-ring (bicyclic) bond motifs is 3. The second-order valence-electron chi connectivity index (χ2n) is 9.76. The lowest BCUT2D eigenvalue weighted by Gasteiger charge is -2.04. The Bertz CT molecular complexity index is 708. The van der Waals surface area contributed by atoms with Crippen LogP contribution >= 0.6 is 22.7 Å². The van der Waals surface area contributed by atoms with Crippen molar-refractivity contribution in [3.05, 3.63) is 32.8 Å². The lowest BCUT2D eigenvalue weighted by atomic mass is 10.0. The maximum absolute atomic E-state index is 2.50. The smallest absolute Gasteiger partial charge is 0.0389 e. The zero-order chi connectivity index (χ0) is 21.6. The highest BCUT2D eigenvalue weighted by molar-refractivity contribution is 7.16. The molecule has 3 rings (SSSR count). The Labute approximate surface area is 200 Å². The fourth-order valence-corrected chi connectivity index (χ4v) is 7.29. The monoisotopic (exact) mass is 458 g/mol. The molecule has 0 unspecified atom stereocenters. The zero-order valence-electron chi connectivity index (χ0n) is 20.2. The van der Waals surface area contributed by atoms with Crippen molar-refractivity contribution in [1.29, 1.82) is 0 Å². The SMILES string of the molecule is CCCCCCCCCCCCCCCCCCCCc1cc2c(s1)Cc1ccsc1-2. The number of hydrogen-bond acceptors (Lipinski definition) is 2. The number of aryl methyl sites for hydroxylation is 1. The molecule has 2 aromatic heterocycles. The standard InChI is InChI=1S/C29H46S2/c1-2-3-4-5-6-7-8-9-10-11-12-13-14-15-16-17-18-19-20-26-24-27-28(31-26)23-25-21-22-30-29(25)27/h21-22,24H,2-20,23H2,1H3. The summed E-state index contributed by atoms with van der Waals surface area (Å²) < 4.78 is 0. The van der Waals surface area contributed by atoms with Gasteiger partial charge in [0.15, 0.2) is 0 Å². The maximum Gasteiger partial charge on any atom is 0.0389 e. The van der Waals surface area contributed by atoms with Crippen LogP contribution < -0.4 is 0 Å². The van der Waals surface area contributed by atoms with Gasteiger partial charge in [-0.1, -0.05) is 116 Å². The summed E-state index contributed by atoms with van der Waals surface area (Å²) in [5.74, 6) is 0. The zero-order valence-corrected chi connectivity index (χ0v) is 21.8. The molecule has 0 N–H and O–H groups in total. The molecule has 0 spiro atoms. The Morgan fingerprint density at radius 2 is 1.19 bits per heavy atom. The van der Waals surface area contributed by atoms with Crippen LogP contribution in [0.25, 0.3) is 10.4 Å². The lowest BCUT2D eigenvalue weighted by Crippen LogP contribution is -1.85. The second kappa shape index (κ2) is 15.3. The minimum absolute atomic E-state index is 1.19. The number of unbranched alkanes of at least 4 members (excludes halogenated alkanes) is 17. The van der Waals surface area contributed by atoms with Gasteiger partial charge in [0.25, 0.3) is 0 Å². The van der Waals surface area contributed by atoms with E-state index in [0.717, 1.165) is 0 Å². The molecule has 2 aromatic rings. The largest absolute Gasteiger partial charge is 0.144 e. The van der Waals surface area contributed by atoms with Crippen LogP contribution in [0.1, 0.15) is 138 Å².